The summed E-state index contributed by atoms with van der Waals surface area (Å²) < 4.78 is 66.2. The van der Waals surface area contributed by atoms with E-state index in [1.807, 2.05) is 0 Å². The van der Waals surface area contributed by atoms with Gasteiger partial charge < -0.3 is 5.32 Å². The summed E-state index contributed by atoms with van der Waals surface area (Å²) >= 11 is 0. The van der Waals surface area contributed by atoms with Gasteiger partial charge in [0.2, 0.25) is 0 Å². The number of benzene rings is 1. The number of aromatic nitrogens is 4. The molecule has 0 radical (unpaired) electrons. The fraction of sp³-hybridized carbons (Fsp3) is 0.312. The summed E-state index contributed by atoms with van der Waals surface area (Å²) in [7, 11) is -9.67. The lowest BCUT2D eigenvalue weighted by Crippen LogP contribution is -2.16. The van der Waals surface area contributed by atoms with Gasteiger partial charge >= 0.3 is 10.2 Å². The molecule has 0 amide bonds. The topological polar surface area (TPSA) is 55.1 Å². The number of hydrogen-bond donors (Lipinski definition) is 1. The molecule has 3 aromatic rings. The molecule has 1 aliphatic rings. The molecule has 0 spiro atoms. The van der Waals surface area contributed by atoms with E-state index >= 15 is 0 Å². The quantitative estimate of drug-likeness (QED) is 0.557. The predicted octanol–water partition coefficient (Wildman–Crippen LogP) is 5.65. The average molecular weight is 405 g/mol. The van der Waals surface area contributed by atoms with Crippen LogP contribution in [0.15, 0.2) is 41.6 Å². The standard InChI is InChI=1S/C16H16F5N5S/c1-10-8-14(26-16(24-10)22-9-23-26)25-15(11-2-3-11)12-4-6-13(7-5-12)27(17,18,19,20)21/h4-9,11,15,25H,2-3H2,1H3/t15-/m1/s1. The number of aryl methyl sites for hydroxylation is 1. The van der Waals surface area contributed by atoms with Gasteiger partial charge in [0.25, 0.3) is 5.78 Å². The first-order valence-electron chi connectivity index (χ1n) is 8.19. The number of anilines is 1. The van der Waals surface area contributed by atoms with E-state index in [0.717, 1.165) is 25.0 Å². The van der Waals surface area contributed by atoms with Crippen LogP contribution in [0.4, 0.5) is 25.2 Å². The molecule has 1 N–H and O–H groups in total. The minimum Gasteiger partial charge on any atom is -0.363 e. The van der Waals surface area contributed by atoms with Gasteiger partial charge in [0.1, 0.15) is 17.0 Å². The second kappa shape index (κ2) is 5.09. The van der Waals surface area contributed by atoms with Gasteiger partial charge in [-0.1, -0.05) is 31.6 Å². The number of nitrogens with zero attached hydrogens (tertiary/aromatic N) is 4. The highest BCUT2D eigenvalue weighted by atomic mass is 32.5. The average Bonchev–Trinajstić information content (AvgIpc) is 3.28. The van der Waals surface area contributed by atoms with Gasteiger partial charge in [-0.2, -0.15) is 14.6 Å². The normalized spacial score (nSPS) is 18.7. The molecule has 146 valence electrons. The highest BCUT2D eigenvalue weighted by Crippen LogP contribution is 3.02. The van der Waals surface area contributed by atoms with Crippen molar-refractivity contribution in [3.63, 3.8) is 0 Å². The van der Waals surface area contributed by atoms with Crippen molar-refractivity contribution in [2.75, 3.05) is 5.32 Å². The number of fused-ring (bicyclic) bond motifs is 1. The maximum absolute atomic E-state index is 12.9. The van der Waals surface area contributed by atoms with Crippen LogP contribution in [-0.2, 0) is 0 Å². The third kappa shape index (κ3) is 3.68. The van der Waals surface area contributed by atoms with Crippen molar-refractivity contribution in [3.8, 4) is 0 Å². The van der Waals surface area contributed by atoms with Crippen molar-refractivity contribution in [3.05, 3.63) is 47.9 Å². The molecule has 2 heterocycles. The molecule has 11 heteroatoms. The second-order valence-electron chi connectivity index (χ2n) is 6.75. The Morgan fingerprint density at radius 1 is 1.11 bits per heavy atom. The van der Waals surface area contributed by atoms with Gasteiger partial charge in [0, 0.05) is 11.8 Å². The van der Waals surface area contributed by atoms with E-state index in [2.05, 4.69) is 20.4 Å². The lowest BCUT2D eigenvalue weighted by atomic mass is 10.0. The maximum Gasteiger partial charge on any atom is 0.310 e. The number of nitrogens with one attached hydrogen (secondary N) is 1. The molecule has 0 bridgehead atoms. The number of rotatable bonds is 5. The first-order valence-corrected chi connectivity index (χ1v) is 10.1. The molecule has 1 aromatic carbocycles. The van der Waals surface area contributed by atoms with Crippen LogP contribution in [0.25, 0.3) is 5.78 Å². The lowest BCUT2D eigenvalue weighted by molar-refractivity contribution is 0.364. The molecule has 0 saturated heterocycles. The van der Waals surface area contributed by atoms with Crippen LogP contribution < -0.4 is 5.32 Å². The van der Waals surface area contributed by atoms with Gasteiger partial charge in [-0.3, -0.25) is 0 Å². The smallest absolute Gasteiger partial charge is 0.310 e. The van der Waals surface area contributed by atoms with Crippen molar-refractivity contribution in [2.45, 2.75) is 30.7 Å². The third-order valence-electron chi connectivity index (χ3n) is 4.46. The van der Waals surface area contributed by atoms with Crippen molar-refractivity contribution in [1.82, 2.24) is 19.6 Å². The molecule has 0 unspecified atom stereocenters. The summed E-state index contributed by atoms with van der Waals surface area (Å²) in [5.74, 6) is 1.18. The van der Waals surface area contributed by atoms with Crippen molar-refractivity contribution >= 4 is 21.8 Å². The Labute approximate surface area is 151 Å². The van der Waals surface area contributed by atoms with E-state index in [9.17, 15) is 19.4 Å². The van der Waals surface area contributed by atoms with Crippen LogP contribution in [0, 0.1) is 12.8 Å². The zero-order valence-corrected chi connectivity index (χ0v) is 14.9. The van der Waals surface area contributed by atoms with Crippen LogP contribution in [0.3, 0.4) is 0 Å². The highest BCUT2D eigenvalue weighted by Gasteiger charge is 2.65. The van der Waals surface area contributed by atoms with Crippen LogP contribution in [0.2, 0.25) is 0 Å². The molecule has 27 heavy (non-hydrogen) atoms. The van der Waals surface area contributed by atoms with Gasteiger partial charge in [-0.05, 0) is 43.4 Å². The summed E-state index contributed by atoms with van der Waals surface area (Å²) in [6, 6.07) is 4.55. The Kier molecular flexibility index (Phi) is 3.39. The number of halogens is 5. The highest BCUT2D eigenvalue weighted by molar-refractivity contribution is 8.45. The largest absolute Gasteiger partial charge is 0.363 e. The first-order chi connectivity index (χ1) is 12.4. The third-order valence-corrected chi connectivity index (χ3v) is 5.62. The van der Waals surface area contributed by atoms with E-state index < -0.39 is 15.1 Å². The Hall–Kier alpha value is -2.43. The Morgan fingerprint density at radius 2 is 1.78 bits per heavy atom. The molecule has 1 saturated carbocycles. The van der Waals surface area contributed by atoms with Crippen molar-refractivity contribution in [1.29, 1.82) is 0 Å². The van der Waals surface area contributed by atoms with E-state index in [0.29, 0.717) is 35.0 Å². The summed E-state index contributed by atoms with van der Waals surface area (Å²) in [4.78, 5) is 6.38. The minimum atomic E-state index is -9.67. The molecule has 1 aliphatic carbocycles. The zero-order valence-electron chi connectivity index (χ0n) is 14.1. The van der Waals surface area contributed by atoms with Crippen LogP contribution >= 0.6 is 10.2 Å². The first kappa shape index (κ1) is 18.0. The summed E-state index contributed by atoms with van der Waals surface area (Å²) in [5.41, 5.74) is 1.20. The Balaban J connectivity index is 1.69. The molecule has 1 atom stereocenters. The molecular weight excluding hydrogens is 389 g/mol. The monoisotopic (exact) mass is 405 g/mol. The zero-order chi connectivity index (χ0) is 19.5. The van der Waals surface area contributed by atoms with Gasteiger partial charge in [-0.15, -0.1) is 0 Å². The van der Waals surface area contributed by atoms with Gasteiger partial charge in [-0.25, -0.2) is 4.98 Å². The SMILES string of the molecule is Cc1cc(N[C@@H](c2ccc(S(F)(F)(F)(F)F)cc2)C2CC2)n2ncnc2n1. The lowest BCUT2D eigenvalue weighted by Gasteiger charge is -2.40. The maximum atomic E-state index is 12.9. The summed E-state index contributed by atoms with van der Waals surface area (Å²) in [5, 5.41) is 7.35. The van der Waals surface area contributed by atoms with Crippen LogP contribution in [0.1, 0.15) is 30.1 Å². The Morgan fingerprint density at radius 3 is 2.37 bits per heavy atom. The second-order valence-corrected chi connectivity index (χ2v) is 9.16. The number of hydrogen-bond acceptors (Lipinski definition) is 4. The fourth-order valence-corrected chi connectivity index (χ4v) is 3.68. The minimum absolute atomic E-state index is 0.197. The van der Waals surface area contributed by atoms with E-state index in [4.69, 9.17) is 0 Å². The van der Waals surface area contributed by atoms with Gasteiger partial charge in [0.05, 0.1) is 6.04 Å². The van der Waals surface area contributed by atoms with E-state index in [1.165, 1.54) is 10.8 Å². The van der Waals surface area contributed by atoms with Crippen molar-refractivity contribution in [2.24, 2.45) is 5.92 Å². The molecule has 1 fully saturated rings. The summed E-state index contributed by atoms with van der Waals surface area (Å²) in [6.07, 6.45) is 3.14. The van der Waals surface area contributed by atoms with Gasteiger partial charge in [0.15, 0.2) is 0 Å². The molecule has 4 rings (SSSR count). The predicted molar refractivity (Wildman–Crippen MR) is 92.4 cm³/mol. The molecule has 5 nitrogen and oxygen atoms in total. The molecular formula is C16H16F5N5S. The molecule has 2 aromatic heterocycles. The van der Waals surface area contributed by atoms with Crippen LogP contribution in [-0.4, -0.2) is 19.6 Å². The Bertz CT molecular complexity index is 1010. The van der Waals surface area contributed by atoms with Crippen molar-refractivity contribution < 1.29 is 19.4 Å². The molecule has 0 aliphatic heterocycles. The van der Waals surface area contributed by atoms with E-state index in [1.54, 1.807) is 13.0 Å². The van der Waals surface area contributed by atoms with E-state index in [-0.39, 0.29) is 12.0 Å². The summed E-state index contributed by atoms with van der Waals surface area (Å²) in [6.45, 7) is 1.79. The van der Waals surface area contributed by atoms with Crippen LogP contribution in [0.5, 0.6) is 0 Å². The fourth-order valence-electron chi connectivity index (χ4n) is 3.03.